The number of aromatic nitrogens is 1. The van der Waals surface area contributed by atoms with Crippen LogP contribution in [-0.4, -0.2) is 49.3 Å². The van der Waals surface area contributed by atoms with Gasteiger partial charge in [-0.3, -0.25) is 9.88 Å². The van der Waals surface area contributed by atoms with Crippen molar-refractivity contribution in [2.75, 3.05) is 44.7 Å². The van der Waals surface area contributed by atoms with Crippen molar-refractivity contribution in [1.29, 1.82) is 5.26 Å². The fraction of sp³-hybridized carbons (Fsp3) is 0.231. The summed E-state index contributed by atoms with van der Waals surface area (Å²) in [5.41, 5.74) is 3.38. The average molecular weight is 425 g/mol. The van der Waals surface area contributed by atoms with Crippen molar-refractivity contribution in [3.05, 3.63) is 72.6 Å². The van der Waals surface area contributed by atoms with Gasteiger partial charge >= 0.3 is 0 Å². The molecule has 1 aliphatic rings. The van der Waals surface area contributed by atoms with Crippen LogP contribution in [0.3, 0.4) is 0 Å². The molecular formula is C26H24N4O2. The minimum Gasteiger partial charge on any atom is -0.456 e. The van der Waals surface area contributed by atoms with Crippen molar-refractivity contribution in [2.24, 2.45) is 0 Å². The number of nitriles is 1. The summed E-state index contributed by atoms with van der Waals surface area (Å²) in [5.74, 6) is 1.44. The lowest BCUT2D eigenvalue weighted by Crippen LogP contribution is -2.38. The van der Waals surface area contributed by atoms with E-state index in [1.54, 1.807) is 18.5 Å². The molecule has 0 aliphatic carbocycles. The van der Waals surface area contributed by atoms with Gasteiger partial charge < -0.3 is 14.5 Å². The van der Waals surface area contributed by atoms with E-state index in [9.17, 15) is 5.26 Å². The average Bonchev–Trinajstić information content (AvgIpc) is 3.34. The molecule has 0 saturated carbocycles. The Balaban J connectivity index is 1.30. The Morgan fingerprint density at radius 2 is 1.78 bits per heavy atom. The Bertz CT molecular complexity index is 1270. The number of morpholine rings is 1. The zero-order valence-electron chi connectivity index (χ0n) is 17.8. The Morgan fingerprint density at radius 3 is 2.66 bits per heavy atom. The monoisotopic (exact) mass is 424 g/mol. The third-order valence-electron chi connectivity index (χ3n) is 5.80. The largest absolute Gasteiger partial charge is 0.456 e. The van der Waals surface area contributed by atoms with Gasteiger partial charge in [0.25, 0.3) is 0 Å². The van der Waals surface area contributed by atoms with Crippen LogP contribution in [-0.2, 0) is 4.74 Å². The fourth-order valence-corrected chi connectivity index (χ4v) is 4.03. The number of nitrogens with zero attached hydrogens (tertiary/aromatic N) is 3. The van der Waals surface area contributed by atoms with Gasteiger partial charge in [-0.1, -0.05) is 18.2 Å². The van der Waals surface area contributed by atoms with E-state index >= 15 is 0 Å². The molecule has 2 aromatic heterocycles. The molecule has 32 heavy (non-hydrogen) atoms. The number of hydrogen-bond acceptors (Lipinski definition) is 6. The molecule has 6 nitrogen and oxygen atoms in total. The predicted molar refractivity (Wildman–Crippen MR) is 125 cm³/mol. The predicted octanol–water partition coefficient (Wildman–Crippen LogP) is 4.78. The second kappa shape index (κ2) is 9.23. The summed E-state index contributed by atoms with van der Waals surface area (Å²) in [6, 6.07) is 20.6. The van der Waals surface area contributed by atoms with Crippen molar-refractivity contribution in [1.82, 2.24) is 9.88 Å². The van der Waals surface area contributed by atoms with E-state index in [0.717, 1.165) is 67.4 Å². The highest BCUT2D eigenvalue weighted by Crippen LogP contribution is 2.32. The lowest BCUT2D eigenvalue weighted by molar-refractivity contribution is 0.0398. The number of nitrogens with one attached hydrogen (secondary N) is 1. The number of pyridine rings is 1. The summed E-state index contributed by atoms with van der Waals surface area (Å²) in [4.78, 5) is 6.44. The maximum absolute atomic E-state index is 9.32. The first-order chi connectivity index (χ1) is 15.8. The van der Waals surface area contributed by atoms with Crippen LogP contribution in [0, 0.1) is 11.3 Å². The molecule has 0 atom stereocenters. The SMILES string of the molecule is N#Cc1cnccc1-c1ccc(-c2ccc3cc(NCCN4CCOCC4)ccc3c2)o1. The summed E-state index contributed by atoms with van der Waals surface area (Å²) in [6.07, 6.45) is 3.22. The molecule has 0 amide bonds. The summed E-state index contributed by atoms with van der Waals surface area (Å²) in [7, 11) is 0. The summed E-state index contributed by atoms with van der Waals surface area (Å²) < 4.78 is 11.5. The second-order valence-electron chi connectivity index (χ2n) is 7.85. The highest BCUT2D eigenvalue weighted by atomic mass is 16.5. The maximum Gasteiger partial charge on any atom is 0.136 e. The van der Waals surface area contributed by atoms with Gasteiger partial charge in [-0.05, 0) is 47.2 Å². The van der Waals surface area contributed by atoms with Crippen LogP contribution in [0.4, 0.5) is 5.69 Å². The van der Waals surface area contributed by atoms with E-state index in [1.165, 1.54) is 5.39 Å². The molecule has 4 aromatic rings. The maximum atomic E-state index is 9.32. The standard InChI is InChI=1S/C26H24N4O2/c27-17-22-18-28-8-7-24(22)26-6-5-25(32-26)21-2-1-20-16-23(4-3-19(20)15-21)29-9-10-30-11-13-31-14-12-30/h1-8,15-16,18,29H,9-14H2. The van der Waals surface area contributed by atoms with Crippen LogP contribution in [0.25, 0.3) is 33.4 Å². The van der Waals surface area contributed by atoms with Crippen LogP contribution in [0.15, 0.2) is 71.4 Å². The van der Waals surface area contributed by atoms with Crippen molar-refractivity contribution >= 4 is 16.5 Å². The molecule has 1 fully saturated rings. The number of fused-ring (bicyclic) bond motifs is 1. The van der Waals surface area contributed by atoms with Gasteiger partial charge in [0, 0.05) is 55.4 Å². The Hall–Kier alpha value is -3.66. The summed E-state index contributed by atoms with van der Waals surface area (Å²) >= 11 is 0. The molecule has 0 radical (unpaired) electrons. The van der Waals surface area contributed by atoms with Gasteiger partial charge in [0.1, 0.15) is 17.6 Å². The Kier molecular flexibility index (Phi) is 5.84. The zero-order valence-corrected chi connectivity index (χ0v) is 17.8. The lowest BCUT2D eigenvalue weighted by atomic mass is 10.0. The molecule has 6 heteroatoms. The molecule has 2 aromatic carbocycles. The van der Waals surface area contributed by atoms with E-state index in [2.05, 4.69) is 57.7 Å². The molecular weight excluding hydrogens is 400 g/mol. The van der Waals surface area contributed by atoms with Crippen molar-refractivity contribution in [3.63, 3.8) is 0 Å². The van der Waals surface area contributed by atoms with E-state index in [1.807, 2.05) is 12.1 Å². The number of furan rings is 1. The molecule has 0 bridgehead atoms. The normalized spacial score (nSPS) is 14.3. The Labute approximate surface area is 187 Å². The van der Waals surface area contributed by atoms with Crippen LogP contribution < -0.4 is 5.32 Å². The highest BCUT2D eigenvalue weighted by Gasteiger charge is 2.12. The highest BCUT2D eigenvalue weighted by molar-refractivity contribution is 5.89. The third kappa shape index (κ3) is 4.35. The summed E-state index contributed by atoms with van der Waals surface area (Å²) in [5, 5.41) is 15.2. The van der Waals surface area contributed by atoms with Gasteiger partial charge in [0.2, 0.25) is 0 Å². The van der Waals surface area contributed by atoms with E-state index in [4.69, 9.17) is 9.15 Å². The smallest absolute Gasteiger partial charge is 0.136 e. The van der Waals surface area contributed by atoms with Gasteiger partial charge in [0.05, 0.1) is 18.8 Å². The van der Waals surface area contributed by atoms with Crippen molar-refractivity contribution in [2.45, 2.75) is 0 Å². The van der Waals surface area contributed by atoms with Crippen LogP contribution in [0.1, 0.15) is 5.56 Å². The Morgan fingerprint density at radius 1 is 0.969 bits per heavy atom. The first-order valence-electron chi connectivity index (χ1n) is 10.8. The number of rotatable bonds is 6. The molecule has 1 aliphatic heterocycles. The molecule has 1 saturated heterocycles. The van der Waals surface area contributed by atoms with Crippen LogP contribution >= 0.6 is 0 Å². The summed E-state index contributed by atoms with van der Waals surface area (Å²) in [6.45, 7) is 5.62. The first kappa shape index (κ1) is 20.3. The van der Waals surface area contributed by atoms with Crippen LogP contribution in [0.5, 0.6) is 0 Å². The minimum atomic E-state index is 0.501. The molecule has 160 valence electrons. The van der Waals surface area contributed by atoms with Gasteiger partial charge in [-0.2, -0.15) is 5.26 Å². The van der Waals surface area contributed by atoms with Crippen molar-refractivity contribution in [3.8, 4) is 28.7 Å². The fourth-order valence-electron chi connectivity index (χ4n) is 4.03. The van der Waals surface area contributed by atoms with E-state index < -0.39 is 0 Å². The zero-order chi connectivity index (χ0) is 21.8. The molecule has 3 heterocycles. The molecule has 5 rings (SSSR count). The quantitative estimate of drug-likeness (QED) is 0.480. The van der Waals surface area contributed by atoms with Crippen molar-refractivity contribution < 1.29 is 9.15 Å². The third-order valence-corrected chi connectivity index (χ3v) is 5.80. The van der Waals surface area contributed by atoms with Gasteiger partial charge in [0.15, 0.2) is 0 Å². The number of ether oxygens (including phenoxy) is 1. The lowest BCUT2D eigenvalue weighted by Gasteiger charge is -2.26. The van der Waals surface area contributed by atoms with Gasteiger partial charge in [-0.25, -0.2) is 0 Å². The minimum absolute atomic E-state index is 0.501. The number of anilines is 1. The molecule has 0 spiro atoms. The van der Waals surface area contributed by atoms with E-state index in [0.29, 0.717) is 11.3 Å². The molecule has 1 N–H and O–H groups in total. The second-order valence-corrected chi connectivity index (χ2v) is 7.85. The number of hydrogen-bond donors (Lipinski definition) is 1. The van der Waals surface area contributed by atoms with E-state index in [-0.39, 0.29) is 0 Å². The topological polar surface area (TPSA) is 74.3 Å². The first-order valence-corrected chi connectivity index (χ1v) is 10.8. The van der Waals surface area contributed by atoms with Crippen LogP contribution in [0.2, 0.25) is 0 Å². The molecule has 0 unspecified atom stereocenters. The van der Waals surface area contributed by atoms with Gasteiger partial charge in [-0.15, -0.1) is 0 Å². The number of benzene rings is 2.